The maximum atomic E-state index is 5.52. The molecule has 2 N–H and O–H groups in total. The lowest BCUT2D eigenvalue weighted by Gasteiger charge is -2.13. The number of aryl methyl sites for hydroxylation is 1. The Hall–Kier alpha value is -1.92. The molecule has 0 saturated carbocycles. The van der Waals surface area contributed by atoms with Crippen molar-refractivity contribution in [2.24, 2.45) is 4.99 Å². The Bertz CT molecular complexity index is 639. The van der Waals surface area contributed by atoms with Crippen LogP contribution >= 0.6 is 11.3 Å². The fourth-order valence-corrected chi connectivity index (χ4v) is 2.85. The van der Waals surface area contributed by atoms with Crippen LogP contribution in [0.3, 0.4) is 0 Å². The van der Waals surface area contributed by atoms with Gasteiger partial charge >= 0.3 is 0 Å². The number of rotatable bonds is 7. The SMILES string of the molecule is CCOCc1ccccc1CNC(=NC)NCc1ncc(C)s1. The molecule has 5 nitrogen and oxygen atoms in total. The van der Waals surface area contributed by atoms with E-state index in [0.29, 0.717) is 19.7 Å². The number of aliphatic imine (C=N–C) groups is 1. The van der Waals surface area contributed by atoms with Gasteiger partial charge in [-0.05, 0) is 25.0 Å². The van der Waals surface area contributed by atoms with Gasteiger partial charge in [0.05, 0.1) is 13.2 Å². The van der Waals surface area contributed by atoms with Crippen LogP contribution in [0.15, 0.2) is 35.5 Å². The van der Waals surface area contributed by atoms with E-state index in [1.54, 1.807) is 18.4 Å². The number of guanidine groups is 1. The highest BCUT2D eigenvalue weighted by atomic mass is 32.1. The molecule has 0 amide bonds. The van der Waals surface area contributed by atoms with E-state index in [9.17, 15) is 0 Å². The molecule has 2 rings (SSSR count). The highest BCUT2D eigenvalue weighted by Crippen LogP contribution is 2.11. The zero-order chi connectivity index (χ0) is 16.5. The Morgan fingerprint density at radius 3 is 2.61 bits per heavy atom. The second-order valence-corrected chi connectivity index (χ2v) is 6.37. The molecule has 1 aromatic heterocycles. The van der Waals surface area contributed by atoms with Gasteiger partial charge in [-0.1, -0.05) is 24.3 Å². The molecular formula is C17H24N4OS. The molecule has 23 heavy (non-hydrogen) atoms. The van der Waals surface area contributed by atoms with E-state index in [1.807, 2.05) is 25.3 Å². The van der Waals surface area contributed by atoms with Crippen molar-refractivity contribution in [3.8, 4) is 0 Å². The van der Waals surface area contributed by atoms with Gasteiger partial charge in [-0.15, -0.1) is 11.3 Å². The van der Waals surface area contributed by atoms with Crippen molar-refractivity contribution >= 4 is 17.3 Å². The molecule has 0 fully saturated rings. The molecule has 0 aliphatic rings. The predicted molar refractivity (Wildman–Crippen MR) is 95.7 cm³/mol. The monoisotopic (exact) mass is 332 g/mol. The Balaban J connectivity index is 1.88. The lowest BCUT2D eigenvalue weighted by atomic mass is 10.1. The first-order valence-electron chi connectivity index (χ1n) is 7.73. The molecule has 0 spiro atoms. The third kappa shape index (κ3) is 5.65. The summed E-state index contributed by atoms with van der Waals surface area (Å²) in [7, 11) is 1.77. The summed E-state index contributed by atoms with van der Waals surface area (Å²) >= 11 is 1.69. The second kappa shape index (κ2) is 9.27. The normalized spacial score (nSPS) is 11.5. The first-order valence-corrected chi connectivity index (χ1v) is 8.55. The molecular weight excluding hydrogens is 308 g/mol. The zero-order valence-corrected chi connectivity index (χ0v) is 14.7. The standard InChI is InChI=1S/C17H24N4OS/c1-4-22-12-15-8-6-5-7-14(15)10-20-17(18-3)21-11-16-19-9-13(2)23-16/h5-9H,4,10-12H2,1-3H3,(H2,18,20,21). The van der Waals surface area contributed by atoms with Gasteiger partial charge in [0.2, 0.25) is 0 Å². The first-order chi connectivity index (χ1) is 11.2. The molecule has 0 atom stereocenters. The fraction of sp³-hybridized carbons (Fsp3) is 0.412. The van der Waals surface area contributed by atoms with Gasteiger partial charge in [0.25, 0.3) is 0 Å². The van der Waals surface area contributed by atoms with Gasteiger partial charge in [-0.2, -0.15) is 0 Å². The lowest BCUT2D eigenvalue weighted by Crippen LogP contribution is -2.36. The van der Waals surface area contributed by atoms with Crippen LogP contribution in [-0.4, -0.2) is 24.6 Å². The topological polar surface area (TPSA) is 58.5 Å². The van der Waals surface area contributed by atoms with Gasteiger partial charge in [-0.25, -0.2) is 4.98 Å². The summed E-state index contributed by atoms with van der Waals surface area (Å²) in [5.41, 5.74) is 2.42. The minimum absolute atomic E-state index is 0.638. The van der Waals surface area contributed by atoms with Gasteiger partial charge in [0, 0.05) is 31.3 Å². The van der Waals surface area contributed by atoms with Crippen molar-refractivity contribution in [2.75, 3.05) is 13.7 Å². The molecule has 1 aromatic carbocycles. The van der Waals surface area contributed by atoms with E-state index in [2.05, 4.69) is 39.7 Å². The molecule has 124 valence electrons. The summed E-state index contributed by atoms with van der Waals surface area (Å²) in [6, 6.07) is 8.29. The average Bonchev–Trinajstić information content (AvgIpc) is 2.99. The van der Waals surface area contributed by atoms with Crippen molar-refractivity contribution in [3.63, 3.8) is 0 Å². The highest BCUT2D eigenvalue weighted by Gasteiger charge is 2.05. The average molecular weight is 332 g/mol. The Kier molecular flexibility index (Phi) is 7.03. The number of hydrogen-bond acceptors (Lipinski definition) is 4. The summed E-state index contributed by atoms with van der Waals surface area (Å²) in [6.07, 6.45) is 1.89. The molecule has 0 unspecified atom stereocenters. The Labute approximate surface area is 141 Å². The maximum Gasteiger partial charge on any atom is 0.191 e. The zero-order valence-electron chi connectivity index (χ0n) is 13.9. The number of nitrogens with zero attached hydrogens (tertiary/aromatic N) is 2. The summed E-state index contributed by atoms with van der Waals surface area (Å²) in [5, 5.41) is 7.68. The minimum atomic E-state index is 0.638. The van der Waals surface area contributed by atoms with E-state index in [-0.39, 0.29) is 0 Å². The largest absolute Gasteiger partial charge is 0.377 e. The quantitative estimate of drug-likeness (QED) is 0.605. The van der Waals surface area contributed by atoms with Crippen LogP contribution in [0.2, 0.25) is 0 Å². The second-order valence-electron chi connectivity index (χ2n) is 5.05. The van der Waals surface area contributed by atoms with E-state index in [4.69, 9.17) is 4.74 Å². The van der Waals surface area contributed by atoms with E-state index >= 15 is 0 Å². The van der Waals surface area contributed by atoms with Crippen LogP contribution < -0.4 is 10.6 Å². The van der Waals surface area contributed by atoms with Crippen molar-refractivity contribution in [1.82, 2.24) is 15.6 Å². The fourth-order valence-electron chi connectivity index (χ4n) is 2.12. The Morgan fingerprint density at radius 1 is 1.22 bits per heavy atom. The van der Waals surface area contributed by atoms with Gasteiger partial charge in [0.15, 0.2) is 5.96 Å². The highest BCUT2D eigenvalue weighted by molar-refractivity contribution is 7.11. The van der Waals surface area contributed by atoms with E-state index in [1.165, 1.54) is 16.0 Å². The number of thiazole rings is 1. The molecule has 0 aliphatic carbocycles. The minimum Gasteiger partial charge on any atom is -0.377 e. The van der Waals surface area contributed by atoms with Crippen molar-refractivity contribution in [1.29, 1.82) is 0 Å². The van der Waals surface area contributed by atoms with Crippen LogP contribution in [-0.2, 0) is 24.4 Å². The number of nitrogens with one attached hydrogen (secondary N) is 2. The van der Waals surface area contributed by atoms with Crippen LogP contribution in [0, 0.1) is 6.92 Å². The van der Waals surface area contributed by atoms with Crippen molar-refractivity contribution in [3.05, 3.63) is 51.5 Å². The molecule has 2 aromatic rings. The van der Waals surface area contributed by atoms with Gasteiger partial charge < -0.3 is 15.4 Å². The van der Waals surface area contributed by atoms with Crippen LogP contribution in [0.5, 0.6) is 0 Å². The number of aromatic nitrogens is 1. The van der Waals surface area contributed by atoms with Crippen LogP contribution in [0.1, 0.15) is 27.9 Å². The number of hydrogen-bond donors (Lipinski definition) is 2. The first kappa shape index (κ1) is 17.4. The van der Waals surface area contributed by atoms with Crippen LogP contribution in [0.4, 0.5) is 0 Å². The molecule has 0 saturated heterocycles. The lowest BCUT2D eigenvalue weighted by molar-refractivity contribution is 0.133. The van der Waals surface area contributed by atoms with Crippen molar-refractivity contribution < 1.29 is 4.74 Å². The molecule has 6 heteroatoms. The summed E-state index contributed by atoms with van der Waals surface area (Å²) in [5.74, 6) is 0.768. The van der Waals surface area contributed by atoms with E-state index in [0.717, 1.165) is 17.6 Å². The summed E-state index contributed by atoms with van der Waals surface area (Å²) in [6.45, 7) is 6.81. The molecule has 0 bridgehead atoms. The molecule has 0 aliphatic heterocycles. The van der Waals surface area contributed by atoms with Crippen molar-refractivity contribution in [2.45, 2.75) is 33.5 Å². The predicted octanol–water partition coefficient (Wildman–Crippen LogP) is 2.85. The smallest absolute Gasteiger partial charge is 0.191 e. The maximum absolute atomic E-state index is 5.52. The molecule has 1 heterocycles. The molecule has 0 radical (unpaired) electrons. The van der Waals surface area contributed by atoms with Gasteiger partial charge in [0.1, 0.15) is 5.01 Å². The number of ether oxygens (including phenoxy) is 1. The Morgan fingerprint density at radius 2 is 1.96 bits per heavy atom. The third-order valence-electron chi connectivity index (χ3n) is 3.33. The summed E-state index contributed by atoms with van der Waals surface area (Å²) < 4.78 is 5.52. The third-order valence-corrected chi connectivity index (χ3v) is 4.24. The summed E-state index contributed by atoms with van der Waals surface area (Å²) in [4.78, 5) is 9.82. The van der Waals surface area contributed by atoms with Gasteiger partial charge in [-0.3, -0.25) is 4.99 Å². The van der Waals surface area contributed by atoms with Crippen LogP contribution in [0.25, 0.3) is 0 Å². The number of benzene rings is 1. The van der Waals surface area contributed by atoms with E-state index < -0.39 is 0 Å².